The molecule has 0 atom stereocenters. The van der Waals surface area contributed by atoms with Crippen LogP contribution >= 0.6 is 0 Å². The Labute approximate surface area is 252 Å². The summed E-state index contributed by atoms with van der Waals surface area (Å²) in [5.41, 5.74) is 0. The van der Waals surface area contributed by atoms with E-state index in [2.05, 4.69) is 50.1 Å². The quantitative estimate of drug-likeness (QED) is 0.0574. The van der Waals surface area contributed by atoms with Gasteiger partial charge in [0, 0.05) is 26.3 Å². The fourth-order valence-electron chi connectivity index (χ4n) is 4.98. The van der Waals surface area contributed by atoms with E-state index in [-0.39, 0.29) is 0 Å². The zero-order valence-corrected chi connectivity index (χ0v) is 27.8. The second-order valence-corrected chi connectivity index (χ2v) is 12.0. The Kier molecular flexibility index (Phi) is 35.8. The van der Waals surface area contributed by atoms with Gasteiger partial charge in [-0.15, -0.1) is 0 Å². The molecule has 0 aliphatic heterocycles. The van der Waals surface area contributed by atoms with Gasteiger partial charge in [-0.05, 0) is 45.6 Å². The van der Waals surface area contributed by atoms with Gasteiger partial charge in [-0.25, -0.2) is 0 Å². The van der Waals surface area contributed by atoms with Crippen molar-refractivity contribution < 1.29 is 9.47 Å². The number of unbranched alkanes of at least 4 members (excludes halogenated alkanes) is 20. The first-order valence-corrected chi connectivity index (χ1v) is 17.9. The molecule has 0 rings (SSSR count). The van der Waals surface area contributed by atoms with E-state index in [4.69, 9.17) is 9.47 Å². The van der Waals surface area contributed by atoms with Crippen molar-refractivity contribution in [2.75, 3.05) is 46.6 Å². The van der Waals surface area contributed by atoms with Crippen LogP contribution in [0.1, 0.15) is 168 Å². The molecule has 3 heteroatoms. The first kappa shape index (κ1) is 39.4. The van der Waals surface area contributed by atoms with Crippen LogP contribution in [-0.4, -0.2) is 51.5 Å². The van der Waals surface area contributed by atoms with Gasteiger partial charge in [0.2, 0.25) is 0 Å². The van der Waals surface area contributed by atoms with E-state index < -0.39 is 0 Å². The van der Waals surface area contributed by atoms with Crippen LogP contribution in [0.5, 0.6) is 0 Å². The molecule has 0 unspecified atom stereocenters. The molecular formula is C37H73NO2. The summed E-state index contributed by atoms with van der Waals surface area (Å²) in [4.78, 5) is 2.33. The largest absolute Gasteiger partial charge is 0.380 e. The third-order valence-corrected chi connectivity index (χ3v) is 7.87. The Balaban J connectivity index is 3.19. The standard InChI is InChI=1S/C37H73NO2/c1-4-6-8-10-12-14-16-18-20-22-24-26-28-30-34-39-36-32-38(3)33-37-40-35-31-29-27-25-23-21-19-17-15-13-11-9-7-5-2/h10,12,16,18H,4-9,11,13-15,17,19-37H2,1-3H3/b12-10+,18-16+. The van der Waals surface area contributed by atoms with Crippen LogP contribution in [0.4, 0.5) is 0 Å². The van der Waals surface area contributed by atoms with Crippen LogP contribution in [-0.2, 0) is 9.47 Å². The molecule has 0 aromatic carbocycles. The van der Waals surface area contributed by atoms with Crippen LogP contribution in [0.15, 0.2) is 24.3 Å². The molecule has 0 bridgehead atoms. The van der Waals surface area contributed by atoms with Crippen molar-refractivity contribution in [2.45, 2.75) is 168 Å². The predicted octanol–water partition coefficient (Wildman–Crippen LogP) is 11.5. The first-order chi connectivity index (χ1) is 19.8. The molecule has 0 saturated carbocycles. The number of likely N-dealkylation sites (N-methyl/N-ethyl adjacent to an activating group) is 1. The molecule has 0 spiro atoms. The predicted molar refractivity (Wildman–Crippen MR) is 180 cm³/mol. The lowest BCUT2D eigenvalue weighted by atomic mass is 10.0. The number of hydrogen-bond donors (Lipinski definition) is 0. The van der Waals surface area contributed by atoms with Crippen LogP contribution in [0.3, 0.4) is 0 Å². The molecule has 0 aliphatic rings. The summed E-state index contributed by atoms with van der Waals surface area (Å²) >= 11 is 0. The highest BCUT2D eigenvalue weighted by molar-refractivity contribution is 4.92. The van der Waals surface area contributed by atoms with Gasteiger partial charge in [0.1, 0.15) is 0 Å². The zero-order valence-electron chi connectivity index (χ0n) is 27.8. The summed E-state index contributed by atoms with van der Waals surface area (Å²) in [6, 6.07) is 0. The second kappa shape index (κ2) is 36.4. The Morgan fingerprint density at radius 2 is 0.775 bits per heavy atom. The third-order valence-electron chi connectivity index (χ3n) is 7.87. The monoisotopic (exact) mass is 564 g/mol. The van der Waals surface area contributed by atoms with E-state index in [1.54, 1.807) is 0 Å². The van der Waals surface area contributed by atoms with Crippen molar-refractivity contribution in [3.8, 4) is 0 Å². The van der Waals surface area contributed by atoms with Crippen molar-refractivity contribution in [3.05, 3.63) is 24.3 Å². The summed E-state index contributed by atoms with van der Waals surface area (Å²) in [5.74, 6) is 0. The van der Waals surface area contributed by atoms with E-state index in [9.17, 15) is 0 Å². The van der Waals surface area contributed by atoms with E-state index >= 15 is 0 Å². The fourth-order valence-corrected chi connectivity index (χ4v) is 4.98. The third kappa shape index (κ3) is 35.4. The van der Waals surface area contributed by atoms with Gasteiger partial charge in [0.15, 0.2) is 0 Å². The average Bonchev–Trinajstić information content (AvgIpc) is 2.96. The topological polar surface area (TPSA) is 21.7 Å². The molecule has 0 radical (unpaired) electrons. The normalized spacial score (nSPS) is 12.1. The summed E-state index contributed by atoms with van der Waals surface area (Å²) in [6.45, 7) is 10.1. The van der Waals surface area contributed by atoms with Crippen molar-refractivity contribution in [2.24, 2.45) is 0 Å². The van der Waals surface area contributed by atoms with E-state index in [1.165, 1.54) is 148 Å². The highest BCUT2D eigenvalue weighted by Gasteiger charge is 1.99. The Morgan fingerprint density at radius 1 is 0.400 bits per heavy atom. The van der Waals surface area contributed by atoms with E-state index in [0.29, 0.717) is 0 Å². The van der Waals surface area contributed by atoms with Crippen molar-refractivity contribution in [1.29, 1.82) is 0 Å². The molecular weight excluding hydrogens is 490 g/mol. The van der Waals surface area contributed by atoms with Gasteiger partial charge < -0.3 is 14.4 Å². The minimum Gasteiger partial charge on any atom is -0.380 e. The van der Waals surface area contributed by atoms with Crippen LogP contribution in [0.2, 0.25) is 0 Å². The van der Waals surface area contributed by atoms with Gasteiger partial charge >= 0.3 is 0 Å². The lowest BCUT2D eigenvalue weighted by molar-refractivity contribution is 0.0814. The van der Waals surface area contributed by atoms with Gasteiger partial charge in [-0.3, -0.25) is 0 Å². The van der Waals surface area contributed by atoms with E-state index in [1.807, 2.05) is 0 Å². The molecule has 40 heavy (non-hydrogen) atoms. The van der Waals surface area contributed by atoms with Gasteiger partial charge in [0.25, 0.3) is 0 Å². The van der Waals surface area contributed by atoms with Crippen LogP contribution in [0.25, 0.3) is 0 Å². The number of nitrogens with zero attached hydrogens (tertiary/aromatic N) is 1. The van der Waals surface area contributed by atoms with Crippen LogP contribution < -0.4 is 0 Å². The minimum absolute atomic E-state index is 0.840. The van der Waals surface area contributed by atoms with Crippen molar-refractivity contribution in [1.82, 2.24) is 4.90 Å². The first-order valence-electron chi connectivity index (χ1n) is 17.9. The van der Waals surface area contributed by atoms with Gasteiger partial charge in [-0.1, -0.05) is 154 Å². The molecule has 0 aliphatic carbocycles. The molecule has 238 valence electrons. The molecule has 0 amide bonds. The highest BCUT2D eigenvalue weighted by atomic mass is 16.5. The minimum atomic E-state index is 0.840. The van der Waals surface area contributed by atoms with E-state index in [0.717, 1.165) is 45.9 Å². The maximum Gasteiger partial charge on any atom is 0.0593 e. The zero-order chi connectivity index (χ0) is 29.0. The number of ether oxygens (including phenoxy) is 2. The molecule has 0 saturated heterocycles. The molecule has 0 aromatic heterocycles. The lowest BCUT2D eigenvalue weighted by Gasteiger charge is -2.16. The number of allylic oxidation sites excluding steroid dienone is 4. The number of hydrogen-bond acceptors (Lipinski definition) is 3. The number of rotatable bonds is 34. The summed E-state index contributed by atoms with van der Waals surface area (Å²) in [7, 11) is 2.18. The second-order valence-electron chi connectivity index (χ2n) is 12.0. The molecule has 0 aromatic rings. The SMILES string of the molecule is CCCC/C=C/C/C=C/CCCCCCCOCCN(C)CCOCCCCCCCCCCCCCCCC. The summed E-state index contributed by atoms with van der Waals surface area (Å²) < 4.78 is 11.7. The van der Waals surface area contributed by atoms with Crippen molar-refractivity contribution in [3.63, 3.8) is 0 Å². The average molecular weight is 564 g/mol. The highest BCUT2D eigenvalue weighted by Crippen LogP contribution is 2.13. The van der Waals surface area contributed by atoms with Crippen LogP contribution in [0, 0.1) is 0 Å². The maximum atomic E-state index is 5.86. The molecule has 0 fully saturated rings. The lowest BCUT2D eigenvalue weighted by Crippen LogP contribution is -2.27. The smallest absolute Gasteiger partial charge is 0.0593 e. The summed E-state index contributed by atoms with van der Waals surface area (Å²) in [5, 5.41) is 0. The fraction of sp³-hybridized carbons (Fsp3) is 0.892. The Bertz CT molecular complexity index is 504. The molecule has 3 nitrogen and oxygen atoms in total. The van der Waals surface area contributed by atoms with Crippen molar-refractivity contribution >= 4 is 0 Å². The Hall–Kier alpha value is -0.640. The van der Waals surface area contributed by atoms with Gasteiger partial charge in [0.05, 0.1) is 13.2 Å². The van der Waals surface area contributed by atoms with Gasteiger partial charge in [-0.2, -0.15) is 0 Å². The molecule has 0 N–H and O–H groups in total. The summed E-state index contributed by atoms with van der Waals surface area (Å²) in [6.07, 6.45) is 41.7. The maximum absolute atomic E-state index is 5.86. The molecule has 0 heterocycles. The Morgan fingerprint density at radius 3 is 1.23 bits per heavy atom.